The summed E-state index contributed by atoms with van der Waals surface area (Å²) in [6, 6.07) is 17.2. The maximum atomic E-state index is 13.2. The molecule has 2 saturated heterocycles. The normalized spacial score (nSPS) is 25.8. The number of imidazole rings is 2. The molecule has 4 fully saturated rings. The minimum atomic E-state index is -0.537. The molecule has 10 heteroatoms. The van der Waals surface area contributed by atoms with Crippen LogP contribution in [0.1, 0.15) is 97.4 Å². The third-order valence-electron chi connectivity index (χ3n) is 10.4. The van der Waals surface area contributed by atoms with Crippen LogP contribution in [-0.2, 0) is 9.47 Å². The Morgan fingerprint density at radius 2 is 1.16 bits per heavy atom. The Bertz CT molecular complexity index is 1860. The van der Waals surface area contributed by atoms with E-state index in [9.17, 15) is 9.59 Å². The fourth-order valence-electron chi connectivity index (χ4n) is 8.17. The van der Waals surface area contributed by atoms with Gasteiger partial charge in [0, 0.05) is 12.1 Å². The number of amides is 2. The monoisotopic (exact) mass is 662 g/mol. The Kier molecular flexibility index (Phi) is 7.42. The molecule has 2 aromatic heterocycles. The first-order valence-corrected chi connectivity index (χ1v) is 17.6. The number of hydrogen-bond acceptors (Lipinski definition) is 6. The number of benzene rings is 2. The van der Waals surface area contributed by atoms with Gasteiger partial charge in [0.25, 0.3) is 0 Å². The molecule has 4 aliphatic rings. The standard InChI is InChI=1S/C39H46N6O4/c1-38(2,3)48-36(46)44-28-16-15-26(17-28)33(44)35-41-21-30(43-35)25-13-9-23(10-14-25)22-7-11-24(12-8-22)29-20-40-34(42-29)32-19-27-18-31(27)45(32)37(47)49-39(4,5)6/h7-14,20-21,26-28,31-33H,15-19H2,1-6H3,(H,40,42)(H,41,43)/t26-,27+,28+,31+,32-,33-/m0/s1. The van der Waals surface area contributed by atoms with Gasteiger partial charge in [-0.05, 0) is 108 Å². The zero-order chi connectivity index (χ0) is 34.2. The number of carbonyl (C=O) groups is 2. The highest BCUT2D eigenvalue weighted by atomic mass is 16.6. The van der Waals surface area contributed by atoms with Gasteiger partial charge < -0.3 is 19.4 Å². The number of aromatic nitrogens is 4. The smallest absolute Gasteiger partial charge is 0.411 e. The number of fused-ring (bicyclic) bond motifs is 3. The number of hydrogen-bond donors (Lipinski definition) is 2. The molecule has 0 unspecified atom stereocenters. The lowest BCUT2D eigenvalue weighted by Gasteiger charge is -2.35. The van der Waals surface area contributed by atoms with Crippen molar-refractivity contribution in [2.24, 2.45) is 11.8 Å². The predicted molar refractivity (Wildman–Crippen MR) is 186 cm³/mol. The van der Waals surface area contributed by atoms with Crippen LogP contribution in [0.3, 0.4) is 0 Å². The molecule has 8 rings (SSSR count). The Hall–Kier alpha value is -4.60. The van der Waals surface area contributed by atoms with E-state index in [-0.39, 0.29) is 36.4 Å². The molecule has 2 aliphatic heterocycles. The Balaban J connectivity index is 0.945. The molecule has 4 aromatic rings. The van der Waals surface area contributed by atoms with Crippen molar-refractivity contribution in [3.05, 3.63) is 72.6 Å². The van der Waals surface area contributed by atoms with Crippen molar-refractivity contribution >= 4 is 12.2 Å². The number of nitrogens with one attached hydrogen (secondary N) is 2. The van der Waals surface area contributed by atoms with Crippen LogP contribution in [-0.4, -0.2) is 65.2 Å². The summed E-state index contributed by atoms with van der Waals surface area (Å²) in [6.45, 7) is 11.4. The first kappa shape index (κ1) is 31.7. The lowest BCUT2D eigenvalue weighted by atomic mass is 9.98. The van der Waals surface area contributed by atoms with E-state index in [4.69, 9.17) is 19.4 Å². The summed E-state index contributed by atoms with van der Waals surface area (Å²) in [5, 5.41) is 0. The van der Waals surface area contributed by atoms with Crippen LogP contribution in [0, 0.1) is 11.8 Å². The SMILES string of the molecule is CC(C)(C)OC(=O)N1[C@@H]2CC[C@@H](C2)[C@H]1c1ncc(-c2ccc(-c3ccc(-c4cnc([C@@H]5C[C@H]6C[C@H]6N5C(=O)OC(C)(C)C)[nH]4)cc3)cc2)[nH]1. The maximum Gasteiger partial charge on any atom is 0.411 e. The molecular weight excluding hydrogens is 616 g/mol. The topological polar surface area (TPSA) is 116 Å². The van der Waals surface area contributed by atoms with Crippen molar-refractivity contribution in [3.63, 3.8) is 0 Å². The van der Waals surface area contributed by atoms with E-state index >= 15 is 0 Å². The number of H-pyrrole nitrogens is 2. The number of piperidine rings is 2. The summed E-state index contributed by atoms with van der Waals surface area (Å²) >= 11 is 0. The van der Waals surface area contributed by atoms with E-state index in [1.54, 1.807) is 0 Å². The number of ether oxygens (including phenoxy) is 2. The molecule has 4 heterocycles. The van der Waals surface area contributed by atoms with Crippen molar-refractivity contribution in [2.75, 3.05) is 0 Å². The van der Waals surface area contributed by atoms with E-state index < -0.39 is 11.2 Å². The second-order valence-electron chi connectivity index (χ2n) is 16.3. The molecule has 0 spiro atoms. The van der Waals surface area contributed by atoms with Crippen LogP contribution in [0.15, 0.2) is 60.9 Å². The van der Waals surface area contributed by atoms with Crippen LogP contribution in [0.4, 0.5) is 9.59 Å². The molecule has 2 aromatic carbocycles. The molecule has 2 N–H and O–H groups in total. The van der Waals surface area contributed by atoms with Gasteiger partial charge in [0.05, 0.1) is 35.9 Å². The van der Waals surface area contributed by atoms with Gasteiger partial charge in [-0.3, -0.25) is 9.80 Å². The third kappa shape index (κ3) is 6.10. The molecule has 10 nitrogen and oxygen atoms in total. The quantitative estimate of drug-likeness (QED) is 0.221. The largest absolute Gasteiger partial charge is 0.444 e. The molecule has 49 heavy (non-hydrogen) atoms. The molecule has 6 atom stereocenters. The van der Waals surface area contributed by atoms with E-state index in [1.807, 2.05) is 63.7 Å². The van der Waals surface area contributed by atoms with Crippen LogP contribution in [0.2, 0.25) is 0 Å². The van der Waals surface area contributed by atoms with Crippen LogP contribution >= 0.6 is 0 Å². The van der Waals surface area contributed by atoms with E-state index in [0.29, 0.717) is 11.8 Å². The number of rotatable bonds is 5. The number of likely N-dealkylation sites (tertiary alicyclic amines) is 2. The van der Waals surface area contributed by atoms with Crippen molar-refractivity contribution in [3.8, 4) is 33.6 Å². The molecule has 256 valence electrons. The van der Waals surface area contributed by atoms with E-state index in [1.165, 1.54) is 0 Å². The number of nitrogens with zero attached hydrogens (tertiary/aromatic N) is 4. The second-order valence-corrected chi connectivity index (χ2v) is 16.3. The van der Waals surface area contributed by atoms with Crippen molar-refractivity contribution < 1.29 is 19.1 Å². The average Bonchev–Trinajstić information content (AvgIpc) is 3.67. The van der Waals surface area contributed by atoms with Gasteiger partial charge >= 0.3 is 12.2 Å². The molecular formula is C39H46N6O4. The van der Waals surface area contributed by atoms with Gasteiger partial charge in [-0.1, -0.05) is 48.5 Å². The highest BCUT2D eigenvalue weighted by Crippen LogP contribution is 2.54. The molecule has 2 saturated carbocycles. The van der Waals surface area contributed by atoms with Crippen LogP contribution in [0.5, 0.6) is 0 Å². The number of aromatic amines is 2. The Labute approximate surface area is 287 Å². The van der Waals surface area contributed by atoms with E-state index in [0.717, 1.165) is 77.4 Å². The summed E-state index contributed by atoms with van der Waals surface area (Å²) < 4.78 is 11.5. The first-order chi connectivity index (χ1) is 23.3. The van der Waals surface area contributed by atoms with Crippen molar-refractivity contribution in [1.29, 1.82) is 0 Å². The van der Waals surface area contributed by atoms with Gasteiger partial charge in [0.1, 0.15) is 22.9 Å². The van der Waals surface area contributed by atoms with Crippen LogP contribution in [0.25, 0.3) is 33.6 Å². The Morgan fingerprint density at radius 1 is 0.653 bits per heavy atom. The zero-order valence-corrected chi connectivity index (χ0v) is 29.2. The minimum Gasteiger partial charge on any atom is -0.444 e. The van der Waals surface area contributed by atoms with Gasteiger partial charge in [0.15, 0.2) is 0 Å². The Morgan fingerprint density at radius 3 is 1.73 bits per heavy atom. The molecule has 2 bridgehead atoms. The third-order valence-corrected chi connectivity index (χ3v) is 10.4. The van der Waals surface area contributed by atoms with Gasteiger partial charge in [0.2, 0.25) is 0 Å². The van der Waals surface area contributed by atoms with Crippen molar-refractivity contribution in [1.82, 2.24) is 29.7 Å². The molecule has 2 amide bonds. The minimum absolute atomic E-state index is 0.0845. The van der Waals surface area contributed by atoms with Gasteiger partial charge in [-0.15, -0.1) is 0 Å². The predicted octanol–water partition coefficient (Wildman–Crippen LogP) is 8.66. The maximum absolute atomic E-state index is 13.2. The van der Waals surface area contributed by atoms with Gasteiger partial charge in [-0.2, -0.15) is 0 Å². The highest BCUT2D eigenvalue weighted by Gasteiger charge is 2.56. The lowest BCUT2D eigenvalue weighted by Crippen LogP contribution is -2.43. The zero-order valence-electron chi connectivity index (χ0n) is 29.2. The van der Waals surface area contributed by atoms with Crippen LogP contribution < -0.4 is 0 Å². The fraction of sp³-hybridized carbons (Fsp3) is 0.487. The molecule has 2 aliphatic carbocycles. The molecule has 0 radical (unpaired) electrons. The van der Waals surface area contributed by atoms with E-state index in [2.05, 4.69) is 58.5 Å². The van der Waals surface area contributed by atoms with Gasteiger partial charge in [-0.25, -0.2) is 19.6 Å². The first-order valence-electron chi connectivity index (χ1n) is 17.6. The fourth-order valence-corrected chi connectivity index (χ4v) is 8.17. The summed E-state index contributed by atoms with van der Waals surface area (Å²) in [4.78, 5) is 46.5. The second kappa shape index (κ2) is 11.5. The average molecular weight is 663 g/mol. The number of carbonyl (C=O) groups excluding carboxylic acids is 2. The summed E-state index contributed by atoms with van der Waals surface area (Å²) in [5.74, 6) is 2.57. The lowest BCUT2D eigenvalue weighted by molar-refractivity contribution is 0.00611. The summed E-state index contributed by atoms with van der Waals surface area (Å²) in [6.07, 6.45) is 8.32. The van der Waals surface area contributed by atoms with Crippen molar-refractivity contribution in [2.45, 2.75) is 109 Å². The summed E-state index contributed by atoms with van der Waals surface area (Å²) in [5.41, 5.74) is 5.10. The highest BCUT2D eigenvalue weighted by molar-refractivity contribution is 5.73. The summed E-state index contributed by atoms with van der Waals surface area (Å²) in [7, 11) is 0.